The van der Waals surface area contributed by atoms with Crippen molar-refractivity contribution in [2.75, 3.05) is 58.9 Å². The van der Waals surface area contributed by atoms with E-state index in [9.17, 15) is 0 Å². The molecule has 1 fully saturated rings. The number of hydrogen-bond acceptors (Lipinski definition) is 2. The topological polar surface area (TPSA) is 24.5 Å². The molecule has 0 aliphatic carbocycles. The summed E-state index contributed by atoms with van der Waals surface area (Å²) in [4.78, 5) is 0. The van der Waals surface area contributed by atoms with Crippen LogP contribution in [0.2, 0.25) is 0 Å². The molecule has 300 valence electrons. The van der Waals surface area contributed by atoms with Crippen LogP contribution in [0.3, 0.4) is 0 Å². The molecule has 54 heavy (non-hydrogen) atoms. The Balaban J connectivity index is 1.57. The van der Waals surface area contributed by atoms with E-state index in [1.165, 1.54) is 115 Å². The highest BCUT2D eigenvalue weighted by atomic mass is 16.7. The fourth-order valence-electron chi connectivity index (χ4n) is 9.73. The van der Waals surface area contributed by atoms with Crippen LogP contribution >= 0.6 is 0 Å². The van der Waals surface area contributed by atoms with E-state index in [2.05, 4.69) is 150 Å². The summed E-state index contributed by atoms with van der Waals surface area (Å²) in [7, 11) is 0. The molecule has 2 aromatic carbocycles. The first kappa shape index (κ1) is 42.4. The molecule has 0 amide bonds. The van der Waals surface area contributed by atoms with Crippen LogP contribution in [0.4, 0.5) is 0 Å². The van der Waals surface area contributed by atoms with Gasteiger partial charge in [-0.1, -0.05) is 69.7 Å². The molecular formula is C48H80N4O2+4. The number of ether oxygens (including phenoxy) is 2. The summed E-state index contributed by atoms with van der Waals surface area (Å²) in [6, 6.07) is 8.65. The molecule has 3 aliphatic rings. The molecule has 0 bridgehead atoms. The molecule has 0 N–H and O–H groups in total. The Kier molecular flexibility index (Phi) is 12.3. The van der Waals surface area contributed by atoms with Gasteiger partial charge in [-0.2, -0.15) is 0 Å². The largest absolute Gasteiger partial charge is 0.704 e. The van der Waals surface area contributed by atoms with Gasteiger partial charge in [-0.25, -0.2) is 0 Å². The molecule has 6 nitrogen and oxygen atoms in total. The number of rotatable bonds is 16. The maximum atomic E-state index is 7.36. The van der Waals surface area contributed by atoms with Crippen molar-refractivity contribution in [1.82, 2.24) is 0 Å². The quantitative estimate of drug-likeness (QED) is 0.126. The Hall–Kier alpha value is -2.70. The Morgan fingerprint density at radius 2 is 1.19 bits per heavy atom. The fraction of sp³-hybridized carbons (Fsp3) is 0.708. The summed E-state index contributed by atoms with van der Waals surface area (Å²) in [5.74, 6) is 2.47. The molecule has 5 rings (SSSR count). The molecule has 0 saturated carbocycles. The van der Waals surface area contributed by atoms with Crippen LogP contribution in [0, 0.1) is 0 Å². The average Bonchev–Trinajstić information content (AvgIpc) is 3.35. The van der Waals surface area contributed by atoms with Crippen LogP contribution in [0.5, 0.6) is 11.5 Å². The summed E-state index contributed by atoms with van der Waals surface area (Å²) >= 11 is 0. The van der Waals surface area contributed by atoms with Gasteiger partial charge in [0.25, 0.3) is 0 Å². The highest BCUT2D eigenvalue weighted by Crippen LogP contribution is 2.47. The molecule has 1 saturated heterocycles. The van der Waals surface area contributed by atoms with E-state index in [1.54, 1.807) is 0 Å². The Labute approximate surface area is 331 Å². The summed E-state index contributed by atoms with van der Waals surface area (Å²) < 4.78 is 21.9. The van der Waals surface area contributed by atoms with Gasteiger partial charge in [0.05, 0.1) is 63.5 Å². The third kappa shape index (κ3) is 7.95. The van der Waals surface area contributed by atoms with Crippen LogP contribution < -0.4 is 9.47 Å². The first-order chi connectivity index (χ1) is 25.3. The first-order valence-electron chi connectivity index (χ1n) is 22.0. The van der Waals surface area contributed by atoms with Gasteiger partial charge in [0.15, 0.2) is 23.9 Å². The second-order valence-electron chi connectivity index (χ2n) is 19.7. The second kappa shape index (κ2) is 15.7. The van der Waals surface area contributed by atoms with Crippen LogP contribution in [0.25, 0.3) is 0 Å². The number of aryl methyl sites for hydroxylation is 1. The normalized spacial score (nSPS) is 19.3. The maximum Gasteiger partial charge on any atom is 0.704 e. The van der Waals surface area contributed by atoms with Crippen molar-refractivity contribution < 1.29 is 27.6 Å². The van der Waals surface area contributed by atoms with Gasteiger partial charge in [-0.3, -0.25) is 0 Å². The highest BCUT2D eigenvalue weighted by Gasteiger charge is 2.75. The fourth-order valence-corrected chi connectivity index (χ4v) is 9.73. The van der Waals surface area contributed by atoms with Crippen LogP contribution in [-0.4, -0.2) is 101 Å². The first-order valence-corrected chi connectivity index (χ1v) is 22.0. The van der Waals surface area contributed by atoms with Gasteiger partial charge in [-0.05, 0) is 119 Å². The Morgan fingerprint density at radius 3 is 1.67 bits per heavy atom. The summed E-state index contributed by atoms with van der Waals surface area (Å²) in [5, 5.41) is 0. The molecule has 1 atom stereocenters. The zero-order valence-electron chi connectivity index (χ0n) is 37.5. The third-order valence-corrected chi connectivity index (χ3v) is 14.2. The third-order valence-electron chi connectivity index (χ3n) is 14.2. The van der Waals surface area contributed by atoms with Crippen LogP contribution in [-0.2, 0) is 17.3 Å². The monoisotopic (exact) mass is 745 g/mol. The van der Waals surface area contributed by atoms with E-state index >= 15 is 0 Å². The van der Waals surface area contributed by atoms with Crippen molar-refractivity contribution in [2.24, 2.45) is 0 Å². The number of hydrogen-bond donors (Lipinski definition) is 0. The summed E-state index contributed by atoms with van der Waals surface area (Å²) in [5.41, 5.74) is 7.41. The zero-order chi connectivity index (χ0) is 39.9. The maximum absolute atomic E-state index is 7.36. The lowest BCUT2D eigenvalue weighted by molar-refractivity contribution is -0.923. The number of fused-ring (bicyclic) bond motifs is 2. The van der Waals surface area contributed by atoms with Crippen molar-refractivity contribution >= 4 is 12.4 Å². The van der Waals surface area contributed by atoms with Gasteiger partial charge in [-0.15, -0.1) is 0 Å². The molecule has 0 radical (unpaired) electrons. The molecule has 3 heterocycles. The lowest BCUT2D eigenvalue weighted by atomic mass is 9.79. The van der Waals surface area contributed by atoms with Crippen molar-refractivity contribution in [2.45, 2.75) is 164 Å². The Morgan fingerprint density at radius 1 is 0.667 bits per heavy atom. The molecule has 0 aromatic heterocycles. The molecule has 2 aromatic rings. The van der Waals surface area contributed by atoms with Crippen LogP contribution in [0.15, 0.2) is 24.3 Å². The number of quaternary nitrogens is 2. The van der Waals surface area contributed by atoms with Gasteiger partial charge in [0.1, 0.15) is 0 Å². The van der Waals surface area contributed by atoms with Crippen molar-refractivity contribution in [3.05, 3.63) is 57.6 Å². The predicted molar refractivity (Wildman–Crippen MR) is 228 cm³/mol. The van der Waals surface area contributed by atoms with Crippen molar-refractivity contribution in [3.63, 3.8) is 0 Å². The van der Waals surface area contributed by atoms with Crippen molar-refractivity contribution in [3.8, 4) is 11.5 Å². The zero-order valence-corrected chi connectivity index (χ0v) is 37.5. The number of benzene rings is 2. The van der Waals surface area contributed by atoms with Crippen LogP contribution in [0.1, 0.15) is 169 Å². The highest BCUT2D eigenvalue weighted by molar-refractivity contribution is 5.85. The van der Waals surface area contributed by atoms with E-state index < -0.39 is 6.03 Å². The van der Waals surface area contributed by atoms with Gasteiger partial charge in [0, 0.05) is 19.4 Å². The van der Waals surface area contributed by atoms with Crippen molar-refractivity contribution in [1.29, 1.82) is 0 Å². The summed E-state index contributed by atoms with van der Waals surface area (Å²) in [6.07, 6.45) is 10.6. The van der Waals surface area contributed by atoms with Gasteiger partial charge in [0.2, 0.25) is 12.1 Å². The van der Waals surface area contributed by atoms with E-state index in [-0.39, 0.29) is 16.4 Å². The summed E-state index contributed by atoms with van der Waals surface area (Å²) in [6.45, 7) is 45.7. The lowest BCUT2D eigenvalue weighted by Crippen LogP contribution is -2.61. The molecular weight excluding hydrogens is 665 g/mol. The number of nitrogens with zero attached hydrogens (tertiary/aromatic N) is 4. The van der Waals surface area contributed by atoms with E-state index in [0.29, 0.717) is 5.92 Å². The predicted octanol–water partition coefficient (Wildman–Crippen LogP) is 9.99. The van der Waals surface area contributed by atoms with E-state index in [1.807, 2.05) is 0 Å². The lowest BCUT2D eigenvalue weighted by Gasteiger charge is -2.37. The second-order valence-corrected chi connectivity index (χ2v) is 19.7. The minimum absolute atomic E-state index is 0.0265. The Bertz CT molecular complexity index is 1670. The molecule has 6 heteroatoms. The SMILES string of the molecule is CCc1cc(C(CCC[N+](CC)(CC)CC)CCC[N+](CC)(CC)CC)cc2c1OC13Oc4c(cc(C(C)(C)C)cc4C(C)(C)C)C=[N+]1C(C)(C)C[N+]3=C2. The van der Waals surface area contributed by atoms with Gasteiger partial charge < -0.3 is 18.4 Å². The standard InChI is InChI=1S/C48H80N4O2/c1-16-36-29-38(37(25-23-27-51(17-2,18-3)19-4)26-24-28-52(20-5,21-6)22-7)30-39-33-49-35-47(14,15)50-34-40-31-41(45(8,9)10)32-42(46(11,12)13)44(40)54-48(49,50)53-43(36)39/h29-34,37H,16-28,35H2,1-15H3/q+4. The van der Waals surface area contributed by atoms with E-state index in [4.69, 9.17) is 9.47 Å². The van der Waals surface area contributed by atoms with E-state index in [0.717, 1.165) is 30.0 Å². The van der Waals surface area contributed by atoms with Gasteiger partial charge >= 0.3 is 6.03 Å². The average molecular weight is 745 g/mol. The molecule has 1 unspecified atom stereocenters. The minimum Gasteiger partial charge on any atom is -0.340 e. The molecule has 3 aliphatic heterocycles. The smallest absolute Gasteiger partial charge is 0.340 e. The minimum atomic E-state index is -1.07. The molecule has 1 spiro atoms.